The van der Waals surface area contributed by atoms with Gasteiger partial charge in [0.25, 0.3) is 0 Å². The fourth-order valence-corrected chi connectivity index (χ4v) is 2.34. The molecule has 1 aliphatic rings. The van der Waals surface area contributed by atoms with E-state index in [-0.39, 0.29) is 17.9 Å². The lowest BCUT2D eigenvalue weighted by Crippen LogP contribution is -2.51. The summed E-state index contributed by atoms with van der Waals surface area (Å²) in [5.41, 5.74) is 5.27. The molecule has 0 aromatic carbocycles. The summed E-state index contributed by atoms with van der Waals surface area (Å²) in [6, 6.07) is 2.43. The molecule has 1 heterocycles. The molecule has 0 spiro atoms. The highest BCUT2D eigenvalue weighted by atomic mass is 16.1. The van der Waals surface area contributed by atoms with Gasteiger partial charge in [0.2, 0.25) is 5.91 Å². The Bertz CT molecular complexity index is 305. The van der Waals surface area contributed by atoms with Crippen molar-refractivity contribution in [1.29, 1.82) is 5.26 Å². The molecule has 2 unspecified atom stereocenters. The molecule has 1 fully saturated rings. The normalized spacial score (nSPS) is 21.2. The number of nitriles is 1. The van der Waals surface area contributed by atoms with Gasteiger partial charge in [-0.15, -0.1) is 0 Å². The van der Waals surface area contributed by atoms with E-state index in [0.717, 1.165) is 45.6 Å². The number of hydrogen-bond acceptors (Lipinski definition) is 4. The molecule has 102 valence electrons. The van der Waals surface area contributed by atoms with Crippen LogP contribution in [0.5, 0.6) is 0 Å². The molecule has 0 radical (unpaired) electrons. The third-order valence-corrected chi connectivity index (χ3v) is 3.58. The first-order chi connectivity index (χ1) is 8.58. The van der Waals surface area contributed by atoms with Crippen molar-refractivity contribution in [3.8, 4) is 6.07 Å². The molecule has 0 bridgehead atoms. The third kappa shape index (κ3) is 4.28. The quantitative estimate of drug-likeness (QED) is 0.743. The van der Waals surface area contributed by atoms with Gasteiger partial charge in [0, 0.05) is 38.6 Å². The summed E-state index contributed by atoms with van der Waals surface area (Å²) in [5, 5.41) is 9.13. The van der Waals surface area contributed by atoms with Crippen molar-refractivity contribution < 1.29 is 4.79 Å². The molecule has 2 atom stereocenters. The number of amides is 1. The highest BCUT2D eigenvalue weighted by molar-refractivity contribution is 5.76. The van der Waals surface area contributed by atoms with Crippen LogP contribution in [-0.4, -0.2) is 54.5 Å². The largest absolute Gasteiger partial charge is 0.369 e. The van der Waals surface area contributed by atoms with Crippen molar-refractivity contribution in [2.24, 2.45) is 11.7 Å². The molecule has 0 aliphatic carbocycles. The van der Waals surface area contributed by atoms with Gasteiger partial charge in [0.1, 0.15) is 0 Å². The number of primary amides is 1. The van der Waals surface area contributed by atoms with Crippen molar-refractivity contribution in [3.05, 3.63) is 0 Å². The summed E-state index contributed by atoms with van der Waals surface area (Å²) in [4.78, 5) is 15.5. The predicted molar refractivity (Wildman–Crippen MR) is 70.7 cm³/mol. The van der Waals surface area contributed by atoms with Crippen LogP contribution >= 0.6 is 0 Å². The molecule has 1 amide bonds. The van der Waals surface area contributed by atoms with Crippen LogP contribution in [0.25, 0.3) is 0 Å². The number of carbonyl (C=O) groups is 1. The minimum absolute atomic E-state index is 0.0470. The zero-order chi connectivity index (χ0) is 13.5. The van der Waals surface area contributed by atoms with Gasteiger partial charge in [0.15, 0.2) is 0 Å². The zero-order valence-electron chi connectivity index (χ0n) is 11.4. The summed E-state index contributed by atoms with van der Waals surface area (Å²) < 4.78 is 0. The fraction of sp³-hybridized carbons (Fsp3) is 0.846. The lowest BCUT2D eigenvalue weighted by molar-refractivity contribution is -0.122. The van der Waals surface area contributed by atoms with Crippen LogP contribution in [0.4, 0.5) is 0 Å². The summed E-state index contributed by atoms with van der Waals surface area (Å²) in [7, 11) is 0. The Balaban J connectivity index is 2.36. The number of piperazine rings is 1. The van der Waals surface area contributed by atoms with Crippen LogP contribution in [0.15, 0.2) is 0 Å². The molecule has 5 nitrogen and oxygen atoms in total. The Labute approximate surface area is 110 Å². The van der Waals surface area contributed by atoms with Crippen LogP contribution in [0.1, 0.15) is 26.7 Å². The average molecular weight is 252 g/mol. The van der Waals surface area contributed by atoms with E-state index in [1.807, 2.05) is 6.92 Å². The Hall–Kier alpha value is -1.12. The number of nitrogens with zero attached hydrogens (tertiary/aromatic N) is 3. The van der Waals surface area contributed by atoms with Gasteiger partial charge < -0.3 is 10.6 Å². The highest BCUT2D eigenvalue weighted by Crippen LogP contribution is 2.11. The second-order valence-electron chi connectivity index (χ2n) is 5.07. The molecule has 1 rings (SSSR count). The zero-order valence-corrected chi connectivity index (χ0v) is 11.4. The minimum atomic E-state index is -0.238. The maximum Gasteiger partial charge on any atom is 0.221 e. The van der Waals surface area contributed by atoms with Gasteiger partial charge in [-0.3, -0.25) is 9.69 Å². The SMILES string of the molecule is CCCC(C#N)N1CCN(CC(C)C(N)=O)CC1. The summed E-state index contributed by atoms with van der Waals surface area (Å²) in [6.07, 6.45) is 1.98. The molecular weight excluding hydrogens is 228 g/mol. The first-order valence-electron chi connectivity index (χ1n) is 6.73. The Morgan fingerprint density at radius 1 is 1.39 bits per heavy atom. The van der Waals surface area contributed by atoms with E-state index < -0.39 is 0 Å². The smallest absolute Gasteiger partial charge is 0.221 e. The molecule has 2 N–H and O–H groups in total. The van der Waals surface area contributed by atoms with Crippen LogP contribution in [0.2, 0.25) is 0 Å². The standard InChI is InChI=1S/C13H24N4O/c1-3-4-12(9-14)17-7-5-16(6-8-17)10-11(2)13(15)18/h11-12H,3-8,10H2,1-2H3,(H2,15,18). The first kappa shape index (κ1) is 14.9. The molecule has 5 heteroatoms. The van der Waals surface area contributed by atoms with Gasteiger partial charge in [-0.05, 0) is 6.42 Å². The van der Waals surface area contributed by atoms with E-state index in [9.17, 15) is 4.79 Å². The lowest BCUT2D eigenvalue weighted by atomic mass is 10.1. The maximum atomic E-state index is 11.0. The van der Waals surface area contributed by atoms with Gasteiger partial charge in [-0.25, -0.2) is 0 Å². The van der Waals surface area contributed by atoms with Gasteiger partial charge in [-0.1, -0.05) is 20.3 Å². The molecule has 1 saturated heterocycles. The number of nitrogens with two attached hydrogens (primary N) is 1. The van der Waals surface area contributed by atoms with Crippen LogP contribution < -0.4 is 5.73 Å². The van der Waals surface area contributed by atoms with Crippen molar-refractivity contribution in [2.45, 2.75) is 32.7 Å². The van der Waals surface area contributed by atoms with E-state index >= 15 is 0 Å². The fourth-order valence-electron chi connectivity index (χ4n) is 2.34. The molecule has 1 aliphatic heterocycles. The van der Waals surface area contributed by atoms with E-state index in [0.29, 0.717) is 0 Å². The summed E-state index contributed by atoms with van der Waals surface area (Å²) in [6.45, 7) is 8.35. The van der Waals surface area contributed by atoms with Crippen molar-refractivity contribution in [2.75, 3.05) is 32.7 Å². The molecule has 18 heavy (non-hydrogen) atoms. The minimum Gasteiger partial charge on any atom is -0.369 e. The van der Waals surface area contributed by atoms with E-state index in [1.165, 1.54) is 0 Å². The van der Waals surface area contributed by atoms with Crippen molar-refractivity contribution in [1.82, 2.24) is 9.80 Å². The second kappa shape index (κ2) is 7.34. The molecule has 0 aromatic heterocycles. The van der Waals surface area contributed by atoms with E-state index in [1.54, 1.807) is 0 Å². The van der Waals surface area contributed by atoms with Gasteiger partial charge >= 0.3 is 0 Å². The highest BCUT2D eigenvalue weighted by Gasteiger charge is 2.24. The Morgan fingerprint density at radius 3 is 2.44 bits per heavy atom. The van der Waals surface area contributed by atoms with E-state index in [2.05, 4.69) is 22.8 Å². The van der Waals surface area contributed by atoms with Crippen LogP contribution in [-0.2, 0) is 4.79 Å². The number of hydrogen-bond donors (Lipinski definition) is 1. The van der Waals surface area contributed by atoms with Crippen molar-refractivity contribution >= 4 is 5.91 Å². The van der Waals surface area contributed by atoms with Crippen LogP contribution in [0, 0.1) is 17.2 Å². The number of carbonyl (C=O) groups excluding carboxylic acids is 1. The monoisotopic (exact) mass is 252 g/mol. The van der Waals surface area contributed by atoms with E-state index in [4.69, 9.17) is 11.0 Å². The third-order valence-electron chi connectivity index (χ3n) is 3.58. The Kier molecular flexibility index (Phi) is 6.10. The maximum absolute atomic E-state index is 11.0. The lowest BCUT2D eigenvalue weighted by Gasteiger charge is -2.37. The average Bonchev–Trinajstić information content (AvgIpc) is 2.37. The number of rotatable bonds is 6. The molecule has 0 saturated carbocycles. The summed E-state index contributed by atoms with van der Waals surface area (Å²) >= 11 is 0. The van der Waals surface area contributed by atoms with Crippen LogP contribution in [0.3, 0.4) is 0 Å². The topological polar surface area (TPSA) is 73.4 Å². The Morgan fingerprint density at radius 2 is 2.00 bits per heavy atom. The van der Waals surface area contributed by atoms with Crippen molar-refractivity contribution in [3.63, 3.8) is 0 Å². The molecular formula is C13H24N4O. The molecule has 0 aromatic rings. The first-order valence-corrected chi connectivity index (χ1v) is 6.73. The summed E-state index contributed by atoms with van der Waals surface area (Å²) in [5.74, 6) is -0.336. The van der Waals surface area contributed by atoms with Gasteiger partial charge in [-0.2, -0.15) is 5.26 Å². The predicted octanol–water partition coefficient (Wildman–Crippen LogP) is 0.418. The second-order valence-corrected chi connectivity index (χ2v) is 5.07. The van der Waals surface area contributed by atoms with Gasteiger partial charge in [0.05, 0.1) is 12.1 Å².